The number of fused-ring (bicyclic) bond motifs is 1. The van der Waals surface area contributed by atoms with Gasteiger partial charge in [-0.25, -0.2) is 0 Å². The summed E-state index contributed by atoms with van der Waals surface area (Å²) < 4.78 is 10.7. The van der Waals surface area contributed by atoms with Gasteiger partial charge < -0.3 is 19.7 Å². The van der Waals surface area contributed by atoms with Crippen molar-refractivity contribution >= 4 is 11.8 Å². The molecule has 1 aliphatic heterocycles. The zero-order chi connectivity index (χ0) is 21.5. The molecule has 2 aromatic rings. The molecule has 0 spiro atoms. The van der Waals surface area contributed by atoms with Crippen LogP contribution in [-0.4, -0.2) is 50.1 Å². The van der Waals surface area contributed by atoms with E-state index in [0.29, 0.717) is 31.9 Å². The monoisotopic (exact) mass is 410 g/mol. The van der Waals surface area contributed by atoms with Gasteiger partial charge in [-0.2, -0.15) is 0 Å². The van der Waals surface area contributed by atoms with Crippen LogP contribution < -0.4 is 10.1 Å². The summed E-state index contributed by atoms with van der Waals surface area (Å²) in [6.07, 6.45) is 1.27. The molecule has 0 saturated heterocycles. The number of hydrogen-bond acceptors (Lipinski definition) is 4. The molecule has 2 amide bonds. The van der Waals surface area contributed by atoms with Gasteiger partial charge in [0.15, 0.2) is 6.61 Å². The predicted octanol–water partition coefficient (Wildman–Crippen LogP) is 3.02. The van der Waals surface area contributed by atoms with Crippen LogP contribution >= 0.6 is 0 Å². The molecule has 6 heteroatoms. The van der Waals surface area contributed by atoms with Crippen molar-refractivity contribution in [3.05, 3.63) is 64.7 Å². The van der Waals surface area contributed by atoms with Crippen molar-refractivity contribution < 1.29 is 19.1 Å². The van der Waals surface area contributed by atoms with Crippen molar-refractivity contribution in [2.24, 2.45) is 0 Å². The lowest BCUT2D eigenvalue weighted by molar-refractivity contribution is -0.133. The average molecular weight is 411 g/mol. The number of carbonyl (C=O) groups excluding carboxylic acids is 2. The molecule has 0 aromatic heterocycles. The van der Waals surface area contributed by atoms with Crippen LogP contribution in [0, 0.1) is 6.92 Å². The summed E-state index contributed by atoms with van der Waals surface area (Å²) in [4.78, 5) is 26.6. The van der Waals surface area contributed by atoms with Crippen LogP contribution in [0.3, 0.4) is 0 Å². The SMILES string of the molecule is CCC(=O)N1CCc2ccc(OCC(=O)NCCOC)cc2C1c1cccc(C)c1. The third-order valence-corrected chi connectivity index (χ3v) is 5.32. The number of hydrogen-bond donors (Lipinski definition) is 1. The minimum Gasteiger partial charge on any atom is -0.484 e. The van der Waals surface area contributed by atoms with Crippen molar-refractivity contribution in [3.8, 4) is 5.75 Å². The second-order valence-corrected chi connectivity index (χ2v) is 7.50. The highest BCUT2D eigenvalue weighted by molar-refractivity contribution is 5.78. The van der Waals surface area contributed by atoms with E-state index in [0.717, 1.165) is 23.1 Å². The molecule has 1 N–H and O–H groups in total. The second kappa shape index (κ2) is 10.3. The molecule has 3 rings (SSSR count). The standard InChI is InChI=1S/C24H30N2O4/c1-4-23(28)26-12-10-18-8-9-20(30-16-22(27)25-11-13-29-3)15-21(18)24(26)19-7-5-6-17(2)14-19/h5-9,14-15,24H,4,10-13,16H2,1-3H3,(H,25,27). The first-order valence-corrected chi connectivity index (χ1v) is 10.4. The number of carbonyl (C=O) groups is 2. The molecule has 1 heterocycles. The number of nitrogens with zero attached hydrogens (tertiary/aromatic N) is 1. The van der Waals surface area contributed by atoms with Gasteiger partial charge in [-0.1, -0.05) is 42.8 Å². The molecule has 0 bridgehead atoms. The van der Waals surface area contributed by atoms with Crippen LogP contribution in [-0.2, 0) is 20.7 Å². The maximum atomic E-state index is 12.7. The minimum absolute atomic E-state index is 0.0603. The Morgan fingerprint density at radius 3 is 2.77 bits per heavy atom. The fraction of sp³-hybridized carbons (Fsp3) is 0.417. The van der Waals surface area contributed by atoms with Gasteiger partial charge in [0.25, 0.3) is 5.91 Å². The van der Waals surface area contributed by atoms with Crippen LogP contribution in [0.4, 0.5) is 0 Å². The summed E-state index contributed by atoms with van der Waals surface area (Å²) in [5, 5.41) is 2.74. The van der Waals surface area contributed by atoms with Gasteiger partial charge in [0.1, 0.15) is 5.75 Å². The zero-order valence-corrected chi connectivity index (χ0v) is 17.9. The number of nitrogens with one attached hydrogen (secondary N) is 1. The van der Waals surface area contributed by atoms with Crippen molar-refractivity contribution in [2.75, 3.05) is 33.4 Å². The smallest absolute Gasteiger partial charge is 0.258 e. The van der Waals surface area contributed by atoms with Crippen molar-refractivity contribution in [1.29, 1.82) is 0 Å². The highest BCUT2D eigenvalue weighted by atomic mass is 16.5. The lowest BCUT2D eigenvalue weighted by atomic mass is 9.87. The highest BCUT2D eigenvalue weighted by Crippen LogP contribution is 2.37. The van der Waals surface area contributed by atoms with Gasteiger partial charge in [0.2, 0.25) is 5.91 Å². The Balaban J connectivity index is 1.86. The summed E-state index contributed by atoms with van der Waals surface area (Å²) >= 11 is 0. The summed E-state index contributed by atoms with van der Waals surface area (Å²) in [7, 11) is 1.59. The fourth-order valence-corrected chi connectivity index (χ4v) is 3.85. The molecule has 0 saturated carbocycles. The number of methoxy groups -OCH3 is 1. The Morgan fingerprint density at radius 1 is 1.20 bits per heavy atom. The van der Waals surface area contributed by atoms with E-state index in [1.807, 2.05) is 36.1 Å². The Morgan fingerprint density at radius 2 is 2.03 bits per heavy atom. The van der Waals surface area contributed by atoms with Gasteiger partial charge in [0.05, 0.1) is 12.6 Å². The molecule has 1 atom stereocenters. The predicted molar refractivity (Wildman–Crippen MR) is 116 cm³/mol. The largest absolute Gasteiger partial charge is 0.484 e. The van der Waals surface area contributed by atoms with Crippen LogP contribution in [0.1, 0.15) is 41.6 Å². The van der Waals surface area contributed by atoms with E-state index in [4.69, 9.17) is 9.47 Å². The molecular weight excluding hydrogens is 380 g/mol. The van der Waals surface area contributed by atoms with E-state index in [-0.39, 0.29) is 24.5 Å². The lowest BCUT2D eigenvalue weighted by Gasteiger charge is -2.38. The normalized spacial score (nSPS) is 15.4. The Labute approximate surface area is 178 Å². The van der Waals surface area contributed by atoms with E-state index >= 15 is 0 Å². The van der Waals surface area contributed by atoms with E-state index < -0.39 is 0 Å². The van der Waals surface area contributed by atoms with Crippen molar-refractivity contribution in [1.82, 2.24) is 10.2 Å². The van der Waals surface area contributed by atoms with Crippen LogP contribution in [0.5, 0.6) is 5.75 Å². The number of benzene rings is 2. The first kappa shape index (κ1) is 21.8. The van der Waals surface area contributed by atoms with Crippen LogP contribution in [0.15, 0.2) is 42.5 Å². The molecule has 30 heavy (non-hydrogen) atoms. The quantitative estimate of drug-likeness (QED) is 0.680. The van der Waals surface area contributed by atoms with Crippen LogP contribution in [0.2, 0.25) is 0 Å². The molecular formula is C24H30N2O4. The summed E-state index contributed by atoms with van der Waals surface area (Å²) in [5.74, 6) is 0.567. The van der Waals surface area contributed by atoms with Crippen molar-refractivity contribution in [2.45, 2.75) is 32.7 Å². The number of ether oxygens (including phenoxy) is 2. The van der Waals surface area contributed by atoms with Gasteiger partial charge in [-0.15, -0.1) is 0 Å². The Hall–Kier alpha value is -2.86. The first-order chi connectivity index (χ1) is 14.5. The maximum Gasteiger partial charge on any atom is 0.258 e. The number of rotatable bonds is 8. The molecule has 0 fully saturated rings. The summed E-state index contributed by atoms with van der Waals surface area (Å²) in [6, 6.07) is 14.0. The highest BCUT2D eigenvalue weighted by Gasteiger charge is 2.31. The topological polar surface area (TPSA) is 67.9 Å². The van der Waals surface area contributed by atoms with Crippen LogP contribution in [0.25, 0.3) is 0 Å². The Bertz CT molecular complexity index is 897. The third kappa shape index (κ3) is 5.19. The van der Waals surface area contributed by atoms with E-state index in [9.17, 15) is 9.59 Å². The van der Waals surface area contributed by atoms with Gasteiger partial charge >= 0.3 is 0 Å². The molecule has 2 aromatic carbocycles. The second-order valence-electron chi connectivity index (χ2n) is 7.50. The zero-order valence-electron chi connectivity index (χ0n) is 17.9. The van der Waals surface area contributed by atoms with Gasteiger partial charge in [0, 0.05) is 26.6 Å². The molecule has 0 radical (unpaired) electrons. The average Bonchev–Trinajstić information content (AvgIpc) is 2.76. The molecule has 0 aliphatic carbocycles. The maximum absolute atomic E-state index is 12.7. The summed E-state index contributed by atoms with van der Waals surface area (Å²) in [6.45, 7) is 5.50. The van der Waals surface area contributed by atoms with E-state index in [2.05, 4.69) is 30.4 Å². The summed E-state index contributed by atoms with van der Waals surface area (Å²) in [5.41, 5.74) is 4.51. The molecule has 1 aliphatic rings. The lowest BCUT2D eigenvalue weighted by Crippen LogP contribution is -2.40. The molecule has 160 valence electrons. The minimum atomic E-state index is -0.192. The Kier molecular flexibility index (Phi) is 7.46. The number of aryl methyl sites for hydroxylation is 1. The molecule has 6 nitrogen and oxygen atoms in total. The third-order valence-electron chi connectivity index (χ3n) is 5.32. The van der Waals surface area contributed by atoms with E-state index in [1.165, 1.54) is 5.56 Å². The fourth-order valence-electron chi connectivity index (χ4n) is 3.85. The van der Waals surface area contributed by atoms with Gasteiger partial charge in [-0.05, 0) is 42.2 Å². The molecule has 1 unspecified atom stereocenters. The van der Waals surface area contributed by atoms with Gasteiger partial charge in [-0.3, -0.25) is 9.59 Å². The van der Waals surface area contributed by atoms with E-state index in [1.54, 1.807) is 7.11 Å². The van der Waals surface area contributed by atoms with Crippen molar-refractivity contribution in [3.63, 3.8) is 0 Å². The number of amides is 2. The first-order valence-electron chi connectivity index (χ1n) is 10.4.